The molecule has 0 bridgehead atoms. The highest BCUT2D eigenvalue weighted by molar-refractivity contribution is 5.81. The smallest absolute Gasteiger partial charge is 0.331 e. The Balaban J connectivity index is 1.51. The van der Waals surface area contributed by atoms with E-state index in [4.69, 9.17) is 0 Å². The number of para-hydroxylation sites is 1. The van der Waals surface area contributed by atoms with Gasteiger partial charge in [-0.2, -0.15) is 0 Å². The van der Waals surface area contributed by atoms with Crippen molar-refractivity contribution in [1.82, 2.24) is 14.5 Å². The molecule has 6 heteroatoms. The third kappa shape index (κ3) is 4.80. The van der Waals surface area contributed by atoms with Crippen molar-refractivity contribution in [2.24, 2.45) is 0 Å². The van der Waals surface area contributed by atoms with Crippen LogP contribution in [0.4, 0.5) is 0 Å². The van der Waals surface area contributed by atoms with Crippen LogP contribution in [0.3, 0.4) is 0 Å². The number of nitrogens with one attached hydrogen (secondary N) is 1. The Kier molecular flexibility index (Phi) is 6.83. The van der Waals surface area contributed by atoms with Crippen molar-refractivity contribution >= 4 is 16.8 Å². The SMILES string of the molecule is CCn1c(=O)c2ccccc2n(CC(=O)NCCC(c2ccccc2)c2ccccc2)c1=O. The summed E-state index contributed by atoms with van der Waals surface area (Å²) in [6, 6.07) is 27.3. The third-order valence-corrected chi connectivity index (χ3v) is 5.91. The Morgan fingerprint density at radius 3 is 2.00 bits per heavy atom. The minimum atomic E-state index is -0.470. The van der Waals surface area contributed by atoms with Crippen LogP contribution in [0.2, 0.25) is 0 Å². The van der Waals surface area contributed by atoms with Gasteiger partial charge >= 0.3 is 5.69 Å². The first kappa shape index (κ1) is 22.3. The highest BCUT2D eigenvalue weighted by Crippen LogP contribution is 2.27. The second-order valence-electron chi connectivity index (χ2n) is 7.95. The van der Waals surface area contributed by atoms with Gasteiger partial charge in [0.15, 0.2) is 0 Å². The second-order valence-corrected chi connectivity index (χ2v) is 7.95. The first-order chi connectivity index (χ1) is 16.1. The monoisotopic (exact) mass is 441 g/mol. The topological polar surface area (TPSA) is 73.1 Å². The van der Waals surface area contributed by atoms with E-state index >= 15 is 0 Å². The van der Waals surface area contributed by atoms with Crippen LogP contribution >= 0.6 is 0 Å². The minimum Gasteiger partial charge on any atom is -0.355 e. The van der Waals surface area contributed by atoms with Gasteiger partial charge in [0, 0.05) is 19.0 Å². The minimum absolute atomic E-state index is 0.138. The van der Waals surface area contributed by atoms with E-state index in [0.29, 0.717) is 17.4 Å². The molecule has 0 atom stereocenters. The van der Waals surface area contributed by atoms with Gasteiger partial charge in [0.2, 0.25) is 5.91 Å². The van der Waals surface area contributed by atoms with Crippen LogP contribution in [0.1, 0.15) is 30.4 Å². The molecule has 0 saturated heterocycles. The zero-order valence-electron chi connectivity index (χ0n) is 18.6. The van der Waals surface area contributed by atoms with Gasteiger partial charge in [0.25, 0.3) is 5.56 Å². The first-order valence-electron chi connectivity index (χ1n) is 11.2. The molecule has 0 spiro atoms. The van der Waals surface area contributed by atoms with E-state index in [9.17, 15) is 14.4 Å². The number of carbonyl (C=O) groups is 1. The highest BCUT2D eigenvalue weighted by atomic mass is 16.2. The lowest BCUT2D eigenvalue weighted by Gasteiger charge is -2.19. The fourth-order valence-corrected chi connectivity index (χ4v) is 4.25. The van der Waals surface area contributed by atoms with Crippen molar-refractivity contribution in [3.05, 3.63) is 117 Å². The van der Waals surface area contributed by atoms with Crippen LogP contribution in [0.5, 0.6) is 0 Å². The van der Waals surface area contributed by atoms with Crippen molar-refractivity contribution in [1.29, 1.82) is 0 Å². The lowest BCUT2D eigenvalue weighted by atomic mass is 9.88. The lowest BCUT2D eigenvalue weighted by Crippen LogP contribution is -2.42. The first-order valence-corrected chi connectivity index (χ1v) is 11.2. The molecular formula is C27H27N3O3. The number of benzene rings is 3. The van der Waals surface area contributed by atoms with E-state index in [0.717, 1.165) is 11.0 Å². The van der Waals surface area contributed by atoms with Crippen LogP contribution < -0.4 is 16.6 Å². The molecule has 4 aromatic rings. The number of amides is 1. The van der Waals surface area contributed by atoms with Gasteiger partial charge < -0.3 is 5.32 Å². The molecular weight excluding hydrogens is 414 g/mol. The summed E-state index contributed by atoms with van der Waals surface area (Å²) in [5.41, 5.74) is 2.05. The largest absolute Gasteiger partial charge is 0.355 e. The van der Waals surface area contributed by atoms with Crippen molar-refractivity contribution in [2.75, 3.05) is 6.54 Å². The van der Waals surface area contributed by atoms with Crippen LogP contribution in [0.25, 0.3) is 10.9 Å². The quantitative estimate of drug-likeness (QED) is 0.455. The molecule has 1 N–H and O–H groups in total. The Bertz CT molecular complexity index is 1320. The van der Waals surface area contributed by atoms with Gasteiger partial charge in [0.05, 0.1) is 10.9 Å². The normalized spacial score (nSPS) is 11.1. The summed E-state index contributed by atoms with van der Waals surface area (Å²) in [6.07, 6.45) is 0.726. The van der Waals surface area contributed by atoms with Gasteiger partial charge in [-0.15, -0.1) is 0 Å². The zero-order chi connectivity index (χ0) is 23.2. The van der Waals surface area contributed by atoms with Crippen molar-refractivity contribution in [3.63, 3.8) is 0 Å². The molecule has 0 saturated carbocycles. The number of fused-ring (bicyclic) bond motifs is 1. The maximum Gasteiger partial charge on any atom is 0.331 e. The van der Waals surface area contributed by atoms with Gasteiger partial charge in [-0.05, 0) is 36.6 Å². The summed E-state index contributed by atoms with van der Waals surface area (Å²) in [5.74, 6) is -0.110. The number of rotatable bonds is 8. The van der Waals surface area contributed by atoms with Crippen LogP contribution in [0.15, 0.2) is 94.5 Å². The van der Waals surface area contributed by atoms with E-state index in [-0.39, 0.29) is 30.5 Å². The van der Waals surface area contributed by atoms with Gasteiger partial charge in [-0.3, -0.25) is 18.7 Å². The highest BCUT2D eigenvalue weighted by Gasteiger charge is 2.16. The standard InChI is InChI=1S/C27H27N3O3/c1-2-29-26(32)23-15-9-10-16-24(23)30(27(29)33)19-25(31)28-18-17-22(20-11-5-3-6-12-20)21-13-7-4-8-14-21/h3-16,22H,2,17-19H2,1H3,(H,28,31). The molecule has 0 unspecified atom stereocenters. The van der Waals surface area contributed by atoms with E-state index in [1.165, 1.54) is 15.7 Å². The number of hydrogen-bond acceptors (Lipinski definition) is 3. The molecule has 0 aliphatic rings. The molecule has 1 heterocycles. The summed E-state index contributed by atoms with van der Waals surface area (Å²) < 4.78 is 2.54. The molecule has 1 amide bonds. The fourth-order valence-electron chi connectivity index (χ4n) is 4.25. The molecule has 1 aromatic heterocycles. The van der Waals surface area contributed by atoms with E-state index < -0.39 is 5.69 Å². The Hall–Kier alpha value is -3.93. The van der Waals surface area contributed by atoms with E-state index in [1.54, 1.807) is 31.2 Å². The summed E-state index contributed by atoms with van der Waals surface area (Å²) in [6.45, 7) is 2.32. The number of hydrogen-bond donors (Lipinski definition) is 1. The Morgan fingerprint density at radius 2 is 1.39 bits per heavy atom. The van der Waals surface area contributed by atoms with Crippen LogP contribution in [0, 0.1) is 0 Å². The predicted molar refractivity (Wildman–Crippen MR) is 130 cm³/mol. The van der Waals surface area contributed by atoms with Crippen molar-refractivity contribution in [3.8, 4) is 0 Å². The summed E-state index contributed by atoms with van der Waals surface area (Å²) in [4.78, 5) is 38.2. The molecule has 6 nitrogen and oxygen atoms in total. The van der Waals surface area contributed by atoms with E-state index in [1.807, 2.05) is 36.4 Å². The summed E-state index contributed by atoms with van der Waals surface area (Å²) >= 11 is 0. The molecule has 3 aromatic carbocycles. The van der Waals surface area contributed by atoms with Gasteiger partial charge in [0.1, 0.15) is 6.54 Å². The second kappa shape index (κ2) is 10.1. The Morgan fingerprint density at radius 1 is 0.818 bits per heavy atom. The predicted octanol–water partition coefficient (Wildman–Crippen LogP) is 3.52. The van der Waals surface area contributed by atoms with Gasteiger partial charge in [-0.1, -0.05) is 72.8 Å². The summed E-state index contributed by atoms with van der Waals surface area (Å²) in [5, 5.41) is 3.39. The number of carbonyl (C=O) groups excluding carboxylic acids is 1. The number of aromatic nitrogens is 2. The zero-order valence-corrected chi connectivity index (χ0v) is 18.6. The molecule has 168 valence electrons. The lowest BCUT2D eigenvalue weighted by molar-refractivity contribution is -0.121. The van der Waals surface area contributed by atoms with Crippen molar-refractivity contribution in [2.45, 2.75) is 32.4 Å². The van der Waals surface area contributed by atoms with E-state index in [2.05, 4.69) is 29.6 Å². The Labute approximate surface area is 192 Å². The molecule has 0 radical (unpaired) electrons. The molecule has 33 heavy (non-hydrogen) atoms. The van der Waals surface area contributed by atoms with Crippen LogP contribution in [-0.4, -0.2) is 21.6 Å². The third-order valence-electron chi connectivity index (χ3n) is 5.91. The molecule has 0 fully saturated rings. The average Bonchev–Trinajstić information content (AvgIpc) is 2.86. The number of nitrogens with zero attached hydrogens (tertiary/aromatic N) is 2. The van der Waals surface area contributed by atoms with Crippen LogP contribution in [-0.2, 0) is 17.9 Å². The molecule has 0 aliphatic heterocycles. The fraction of sp³-hybridized carbons (Fsp3) is 0.222. The summed E-state index contributed by atoms with van der Waals surface area (Å²) in [7, 11) is 0. The van der Waals surface area contributed by atoms with Gasteiger partial charge in [-0.25, -0.2) is 4.79 Å². The average molecular weight is 442 g/mol. The molecule has 4 rings (SSSR count). The maximum atomic E-state index is 12.9. The maximum absolute atomic E-state index is 12.9. The molecule has 0 aliphatic carbocycles. The van der Waals surface area contributed by atoms with Crippen molar-refractivity contribution < 1.29 is 4.79 Å².